The van der Waals surface area contributed by atoms with E-state index in [-0.39, 0.29) is 4.90 Å². The molecule has 1 N–H and O–H groups in total. The van der Waals surface area contributed by atoms with Crippen LogP contribution in [-0.4, -0.2) is 14.3 Å². The second-order valence-corrected chi connectivity index (χ2v) is 8.72. The van der Waals surface area contributed by atoms with E-state index in [4.69, 9.17) is 0 Å². The Morgan fingerprint density at radius 3 is 2.39 bits per heavy atom. The molecule has 3 aromatic rings. The lowest BCUT2D eigenvalue weighted by atomic mass is 9.94. The molecule has 1 unspecified atom stereocenters. The van der Waals surface area contributed by atoms with Crippen LogP contribution in [0.2, 0.25) is 0 Å². The highest BCUT2D eigenvalue weighted by Crippen LogP contribution is 2.39. The van der Waals surface area contributed by atoms with Gasteiger partial charge in [0.15, 0.2) is 0 Å². The number of aryl methyl sites for hydroxylation is 1. The minimum Gasteiger partial charge on any atom is -0.273 e. The third-order valence-corrected chi connectivity index (χ3v) is 6.80. The summed E-state index contributed by atoms with van der Waals surface area (Å²) in [6.07, 6.45) is 1.36. The number of hydrogen-bond donors (Lipinski definition) is 1. The number of carbonyl (C=O) groups excluding carboxylic acids is 1. The predicted octanol–water partition coefficient (Wildman–Crippen LogP) is 4.20. The van der Waals surface area contributed by atoms with Gasteiger partial charge in [-0.1, -0.05) is 66.7 Å². The largest absolute Gasteiger partial charge is 0.273 e. The minimum absolute atomic E-state index is 0.139. The average Bonchev–Trinajstić information content (AvgIpc) is 3.13. The van der Waals surface area contributed by atoms with Gasteiger partial charge in [-0.05, 0) is 53.6 Å². The molecule has 142 valence electrons. The van der Waals surface area contributed by atoms with E-state index in [0.717, 1.165) is 28.7 Å². The Morgan fingerprint density at radius 1 is 0.929 bits per heavy atom. The summed E-state index contributed by atoms with van der Waals surface area (Å²) in [5.41, 5.74) is 4.87. The standard InChI is InChI=1S/C23H21NO3S/c1-16-8-5-6-13-22(16)28(26,27)24-23(25)21-15-14-20-18(11-7-12-19(20)21)17-9-3-2-4-10-17/h2-13,21H,14-15H2,1H3,(H,24,25). The minimum atomic E-state index is -3.89. The Bertz CT molecular complexity index is 1140. The van der Waals surface area contributed by atoms with Crippen LogP contribution < -0.4 is 4.72 Å². The fourth-order valence-electron chi connectivity index (χ4n) is 3.93. The van der Waals surface area contributed by atoms with Crippen molar-refractivity contribution in [2.45, 2.75) is 30.6 Å². The number of hydrogen-bond acceptors (Lipinski definition) is 3. The molecule has 4 nitrogen and oxygen atoms in total. The summed E-state index contributed by atoms with van der Waals surface area (Å²) < 4.78 is 27.7. The third kappa shape index (κ3) is 3.34. The fraction of sp³-hybridized carbons (Fsp3) is 0.174. The van der Waals surface area contributed by atoms with E-state index < -0.39 is 21.8 Å². The Hall–Kier alpha value is -2.92. The zero-order chi connectivity index (χ0) is 19.7. The number of sulfonamides is 1. The van der Waals surface area contributed by atoms with Gasteiger partial charge >= 0.3 is 0 Å². The maximum Gasteiger partial charge on any atom is 0.264 e. The van der Waals surface area contributed by atoms with Gasteiger partial charge in [0, 0.05) is 0 Å². The molecule has 0 saturated carbocycles. The highest BCUT2D eigenvalue weighted by molar-refractivity contribution is 7.90. The normalized spacial score (nSPS) is 15.8. The fourth-order valence-corrected chi connectivity index (χ4v) is 5.20. The summed E-state index contributed by atoms with van der Waals surface area (Å²) in [7, 11) is -3.89. The number of fused-ring (bicyclic) bond motifs is 1. The first-order valence-electron chi connectivity index (χ1n) is 9.27. The van der Waals surface area contributed by atoms with Crippen LogP contribution in [0.25, 0.3) is 11.1 Å². The molecule has 0 spiro atoms. The van der Waals surface area contributed by atoms with Crippen LogP contribution in [0.5, 0.6) is 0 Å². The van der Waals surface area contributed by atoms with E-state index in [1.165, 1.54) is 6.07 Å². The third-order valence-electron chi connectivity index (χ3n) is 5.29. The smallest absolute Gasteiger partial charge is 0.264 e. The van der Waals surface area contributed by atoms with Gasteiger partial charge in [0.1, 0.15) is 0 Å². The lowest BCUT2D eigenvalue weighted by Crippen LogP contribution is -2.34. The highest BCUT2D eigenvalue weighted by atomic mass is 32.2. The summed E-state index contributed by atoms with van der Waals surface area (Å²) in [6, 6.07) is 22.6. The van der Waals surface area contributed by atoms with Crippen LogP contribution in [0.4, 0.5) is 0 Å². The number of carbonyl (C=O) groups is 1. The molecule has 0 bridgehead atoms. The van der Waals surface area contributed by atoms with Crippen LogP contribution in [0, 0.1) is 6.92 Å². The van der Waals surface area contributed by atoms with Crippen molar-refractivity contribution in [1.29, 1.82) is 0 Å². The van der Waals surface area contributed by atoms with Gasteiger partial charge < -0.3 is 0 Å². The quantitative estimate of drug-likeness (QED) is 0.725. The average molecular weight is 391 g/mol. The van der Waals surface area contributed by atoms with Gasteiger partial charge in [-0.25, -0.2) is 13.1 Å². The van der Waals surface area contributed by atoms with Crippen LogP contribution in [0.1, 0.15) is 29.0 Å². The Balaban J connectivity index is 1.63. The van der Waals surface area contributed by atoms with Crippen molar-refractivity contribution in [2.75, 3.05) is 0 Å². The van der Waals surface area contributed by atoms with Crippen molar-refractivity contribution in [3.63, 3.8) is 0 Å². The van der Waals surface area contributed by atoms with E-state index >= 15 is 0 Å². The maximum absolute atomic E-state index is 12.9. The van der Waals surface area contributed by atoms with Gasteiger partial charge in [-0.3, -0.25) is 4.79 Å². The summed E-state index contributed by atoms with van der Waals surface area (Å²) >= 11 is 0. The first kappa shape index (κ1) is 18.4. The van der Waals surface area contributed by atoms with Crippen molar-refractivity contribution < 1.29 is 13.2 Å². The molecule has 0 fully saturated rings. The highest BCUT2D eigenvalue weighted by Gasteiger charge is 2.33. The van der Waals surface area contributed by atoms with Crippen LogP contribution in [0.3, 0.4) is 0 Å². The number of benzene rings is 3. The zero-order valence-corrected chi connectivity index (χ0v) is 16.4. The summed E-state index contributed by atoms with van der Waals surface area (Å²) in [5, 5.41) is 0. The molecule has 1 atom stereocenters. The van der Waals surface area contributed by atoms with Crippen LogP contribution in [-0.2, 0) is 21.2 Å². The second-order valence-electron chi connectivity index (χ2n) is 7.07. The van der Waals surface area contributed by atoms with E-state index in [2.05, 4.69) is 10.8 Å². The maximum atomic E-state index is 12.9. The van der Waals surface area contributed by atoms with E-state index in [0.29, 0.717) is 12.0 Å². The molecular weight excluding hydrogens is 370 g/mol. The molecule has 0 aliphatic heterocycles. The topological polar surface area (TPSA) is 63.2 Å². The molecule has 0 heterocycles. The van der Waals surface area contributed by atoms with Crippen molar-refractivity contribution in [3.05, 3.63) is 89.5 Å². The molecule has 0 radical (unpaired) electrons. The lowest BCUT2D eigenvalue weighted by Gasteiger charge is -2.15. The molecule has 1 aliphatic carbocycles. The van der Waals surface area contributed by atoms with Crippen LogP contribution >= 0.6 is 0 Å². The monoisotopic (exact) mass is 391 g/mol. The molecule has 28 heavy (non-hydrogen) atoms. The molecule has 1 aliphatic rings. The molecular formula is C23H21NO3S. The molecule has 4 rings (SSSR count). The van der Waals surface area contributed by atoms with Crippen molar-refractivity contribution >= 4 is 15.9 Å². The number of rotatable bonds is 4. The van der Waals surface area contributed by atoms with Crippen molar-refractivity contribution in [3.8, 4) is 11.1 Å². The summed E-state index contributed by atoms with van der Waals surface area (Å²) in [4.78, 5) is 13.0. The summed E-state index contributed by atoms with van der Waals surface area (Å²) in [5.74, 6) is -0.926. The van der Waals surface area contributed by atoms with Crippen molar-refractivity contribution in [2.24, 2.45) is 0 Å². The Labute approximate surface area is 165 Å². The van der Waals surface area contributed by atoms with E-state index in [9.17, 15) is 13.2 Å². The van der Waals surface area contributed by atoms with Gasteiger partial charge in [-0.2, -0.15) is 0 Å². The molecule has 0 aromatic heterocycles. The van der Waals surface area contributed by atoms with Gasteiger partial charge in [0.2, 0.25) is 5.91 Å². The van der Waals surface area contributed by atoms with Crippen molar-refractivity contribution in [1.82, 2.24) is 4.72 Å². The Kier molecular flexibility index (Phi) is 4.77. The predicted molar refractivity (Wildman–Crippen MR) is 109 cm³/mol. The first-order valence-corrected chi connectivity index (χ1v) is 10.8. The zero-order valence-electron chi connectivity index (χ0n) is 15.6. The summed E-state index contributed by atoms with van der Waals surface area (Å²) in [6.45, 7) is 1.72. The number of nitrogens with one attached hydrogen (secondary N) is 1. The second kappa shape index (κ2) is 7.24. The first-order chi connectivity index (χ1) is 13.5. The van der Waals surface area contributed by atoms with Gasteiger partial charge in [0.25, 0.3) is 10.0 Å². The molecule has 3 aromatic carbocycles. The molecule has 5 heteroatoms. The lowest BCUT2D eigenvalue weighted by molar-refractivity contribution is -0.120. The SMILES string of the molecule is Cc1ccccc1S(=O)(=O)NC(=O)C1CCc2c(-c3ccccc3)cccc21. The van der Waals surface area contributed by atoms with E-state index in [1.807, 2.05) is 42.5 Å². The van der Waals surface area contributed by atoms with Crippen LogP contribution in [0.15, 0.2) is 77.7 Å². The van der Waals surface area contributed by atoms with E-state index in [1.54, 1.807) is 25.1 Å². The Morgan fingerprint density at radius 2 is 1.64 bits per heavy atom. The van der Waals surface area contributed by atoms with Gasteiger partial charge in [-0.15, -0.1) is 0 Å². The molecule has 0 saturated heterocycles. The van der Waals surface area contributed by atoms with Gasteiger partial charge in [0.05, 0.1) is 10.8 Å². The molecule has 1 amide bonds. The number of amides is 1.